The number of rotatable bonds is 3. The Kier molecular flexibility index (Phi) is 5.16. The third kappa shape index (κ3) is 3.64. The van der Waals surface area contributed by atoms with E-state index in [2.05, 4.69) is 5.32 Å². The number of benzene rings is 2. The van der Waals surface area contributed by atoms with E-state index in [0.717, 1.165) is 6.08 Å². The number of carbonyl (C=O) groups excluding carboxylic acids is 1. The van der Waals surface area contributed by atoms with Crippen LogP contribution in [0, 0.1) is 17.1 Å². The molecule has 2 aromatic rings. The first-order valence-corrected chi connectivity index (χ1v) is 6.90. The number of hydrogen-bond acceptors (Lipinski definition) is 2. The van der Waals surface area contributed by atoms with Gasteiger partial charge >= 0.3 is 0 Å². The van der Waals surface area contributed by atoms with Crippen molar-refractivity contribution >= 4 is 40.9 Å². The van der Waals surface area contributed by atoms with Crippen molar-refractivity contribution in [3.8, 4) is 6.07 Å². The van der Waals surface area contributed by atoms with Crippen LogP contribution in [0.4, 0.5) is 10.1 Å². The standard InChI is InChI=1S/C16H9Cl2FN2O/c17-12-5-3-6-14(19)11(12)8-10(9-20)16(22)21-15-7-2-1-4-13(15)18/h1-8H,(H,21,22)/b10-8+. The predicted molar refractivity (Wildman–Crippen MR) is 85.1 cm³/mol. The summed E-state index contributed by atoms with van der Waals surface area (Å²) >= 11 is 11.8. The Morgan fingerprint density at radius 1 is 1.14 bits per heavy atom. The molecule has 2 rings (SSSR count). The van der Waals surface area contributed by atoms with Gasteiger partial charge in [-0.3, -0.25) is 4.79 Å². The van der Waals surface area contributed by atoms with Crippen LogP contribution in [0.25, 0.3) is 6.08 Å². The molecule has 0 saturated carbocycles. The second kappa shape index (κ2) is 7.08. The van der Waals surface area contributed by atoms with Gasteiger partial charge in [0.05, 0.1) is 15.7 Å². The maximum Gasteiger partial charge on any atom is 0.266 e. The average molecular weight is 335 g/mol. The van der Waals surface area contributed by atoms with Gasteiger partial charge in [-0.15, -0.1) is 0 Å². The molecule has 0 unspecified atom stereocenters. The van der Waals surface area contributed by atoms with Gasteiger partial charge in [0, 0.05) is 5.56 Å². The number of anilines is 1. The number of hydrogen-bond donors (Lipinski definition) is 1. The van der Waals surface area contributed by atoms with E-state index in [-0.39, 0.29) is 16.2 Å². The molecule has 2 aromatic carbocycles. The Hall–Kier alpha value is -2.35. The van der Waals surface area contributed by atoms with Gasteiger partial charge in [0.25, 0.3) is 5.91 Å². The van der Waals surface area contributed by atoms with E-state index in [4.69, 9.17) is 28.5 Å². The second-order valence-corrected chi connectivity index (χ2v) is 5.05. The van der Waals surface area contributed by atoms with Crippen LogP contribution in [0.15, 0.2) is 48.0 Å². The van der Waals surface area contributed by atoms with Crippen LogP contribution in [0.2, 0.25) is 10.0 Å². The first-order valence-electron chi connectivity index (χ1n) is 6.14. The fourth-order valence-corrected chi connectivity index (χ4v) is 2.09. The molecule has 0 aliphatic heterocycles. The van der Waals surface area contributed by atoms with Crippen molar-refractivity contribution in [1.29, 1.82) is 5.26 Å². The number of nitriles is 1. The lowest BCUT2D eigenvalue weighted by atomic mass is 10.1. The molecule has 6 heteroatoms. The summed E-state index contributed by atoms with van der Waals surface area (Å²) in [5.41, 5.74) is 0.0527. The summed E-state index contributed by atoms with van der Waals surface area (Å²) < 4.78 is 13.7. The molecule has 1 amide bonds. The topological polar surface area (TPSA) is 52.9 Å². The molecule has 0 saturated heterocycles. The van der Waals surface area contributed by atoms with E-state index in [1.165, 1.54) is 18.2 Å². The molecular weight excluding hydrogens is 326 g/mol. The van der Waals surface area contributed by atoms with Gasteiger partial charge in [0.2, 0.25) is 0 Å². The van der Waals surface area contributed by atoms with Gasteiger partial charge in [-0.25, -0.2) is 4.39 Å². The molecule has 0 aliphatic rings. The Balaban J connectivity index is 2.33. The number of halogens is 3. The van der Waals surface area contributed by atoms with Crippen LogP contribution < -0.4 is 5.32 Å². The zero-order valence-corrected chi connectivity index (χ0v) is 12.6. The van der Waals surface area contributed by atoms with Crippen molar-refractivity contribution < 1.29 is 9.18 Å². The smallest absolute Gasteiger partial charge is 0.266 e. The van der Waals surface area contributed by atoms with E-state index in [9.17, 15) is 9.18 Å². The van der Waals surface area contributed by atoms with Gasteiger partial charge in [0.1, 0.15) is 17.5 Å². The highest BCUT2D eigenvalue weighted by molar-refractivity contribution is 6.34. The fraction of sp³-hybridized carbons (Fsp3) is 0. The van der Waals surface area contributed by atoms with E-state index < -0.39 is 11.7 Å². The molecule has 0 aromatic heterocycles. The first kappa shape index (κ1) is 16.0. The molecule has 0 radical (unpaired) electrons. The number of amides is 1. The van der Waals surface area contributed by atoms with Crippen molar-refractivity contribution in [2.45, 2.75) is 0 Å². The van der Waals surface area contributed by atoms with Crippen LogP contribution in [-0.2, 0) is 4.79 Å². The van der Waals surface area contributed by atoms with Gasteiger partial charge < -0.3 is 5.32 Å². The summed E-state index contributed by atoms with van der Waals surface area (Å²) in [6, 6.07) is 12.4. The highest BCUT2D eigenvalue weighted by atomic mass is 35.5. The Labute approximate surface area is 136 Å². The van der Waals surface area contributed by atoms with Crippen molar-refractivity contribution in [2.75, 3.05) is 5.32 Å². The predicted octanol–water partition coefficient (Wildman–Crippen LogP) is 4.68. The molecule has 0 fully saturated rings. The van der Waals surface area contributed by atoms with Gasteiger partial charge in [-0.05, 0) is 30.3 Å². The minimum absolute atomic E-state index is 0.0185. The van der Waals surface area contributed by atoms with Crippen LogP contribution in [0.5, 0.6) is 0 Å². The highest BCUT2D eigenvalue weighted by Gasteiger charge is 2.13. The third-order valence-electron chi connectivity index (χ3n) is 2.78. The Bertz CT molecular complexity index is 777. The van der Waals surface area contributed by atoms with Crippen molar-refractivity contribution in [2.24, 2.45) is 0 Å². The van der Waals surface area contributed by atoms with Crippen molar-refractivity contribution in [3.05, 3.63) is 69.5 Å². The Morgan fingerprint density at radius 2 is 1.82 bits per heavy atom. The third-order valence-corrected chi connectivity index (χ3v) is 3.43. The molecule has 22 heavy (non-hydrogen) atoms. The van der Waals surface area contributed by atoms with Crippen LogP contribution in [-0.4, -0.2) is 5.91 Å². The Morgan fingerprint density at radius 3 is 2.45 bits per heavy atom. The van der Waals surface area contributed by atoms with Gasteiger partial charge in [0.15, 0.2) is 0 Å². The largest absolute Gasteiger partial charge is 0.320 e. The second-order valence-electron chi connectivity index (χ2n) is 4.24. The SMILES string of the molecule is N#C/C(=C\c1c(F)cccc1Cl)C(=O)Nc1ccccc1Cl. The highest BCUT2D eigenvalue weighted by Crippen LogP contribution is 2.24. The van der Waals surface area contributed by atoms with Crippen LogP contribution in [0.1, 0.15) is 5.56 Å². The number of para-hydroxylation sites is 1. The first-order chi connectivity index (χ1) is 10.5. The summed E-state index contributed by atoms with van der Waals surface area (Å²) in [7, 11) is 0. The van der Waals surface area contributed by atoms with Crippen molar-refractivity contribution in [1.82, 2.24) is 0 Å². The molecular formula is C16H9Cl2FN2O. The molecule has 0 atom stereocenters. The van der Waals surface area contributed by atoms with E-state index in [0.29, 0.717) is 10.7 Å². The summed E-state index contributed by atoms with van der Waals surface area (Å²) in [4.78, 5) is 12.1. The summed E-state index contributed by atoms with van der Waals surface area (Å²) in [5.74, 6) is -1.32. The van der Waals surface area contributed by atoms with E-state index >= 15 is 0 Å². The zero-order chi connectivity index (χ0) is 16.1. The number of nitrogens with one attached hydrogen (secondary N) is 1. The van der Waals surface area contributed by atoms with Crippen LogP contribution >= 0.6 is 23.2 Å². The lowest BCUT2D eigenvalue weighted by Gasteiger charge is -2.06. The lowest BCUT2D eigenvalue weighted by molar-refractivity contribution is -0.112. The molecule has 3 nitrogen and oxygen atoms in total. The number of carbonyl (C=O) groups is 1. The molecule has 0 bridgehead atoms. The minimum Gasteiger partial charge on any atom is -0.320 e. The summed E-state index contributed by atoms with van der Waals surface area (Å²) in [6.45, 7) is 0. The fourth-order valence-electron chi connectivity index (χ4n) is 1.69. The van der Waals surface area contributed by atoms with Gasteiger partial charge in [-0.2, -0.15) is 5.26 Å². The van der Waals surface area contributed by atoms with Gasteiger partial charge in [-0.1, -0.05) is 41.4 Å². The molecule has 0 heterocycles. The molecule has 110 valence electrons. The molecule has 0 spiro atoms. The number of nitrogens with zero attached hydrogens (tertiary/aromatic N) is 1. The minimum atomic E-state index is -0.699. The van der Waals surface area contributed by atoms with Crippen molar-refractivity contribution in [3.63, 3.8) is 0 Å². The summed E-state index contributed by atoms with van der Waals surface area (Å²) in [6.07, 6.45) is 1.10. The van der Waals surface area contributed by atoms with Crippen LogP contribution in [0.3, 0.4) is 0 Å². The lowest BCUT2D eigenvalue weighted by Crippen LogP contribution is -2.13. The maximum absolute atomic E-state index is 13.7. The quantitative estimate of drug-likeness (QED) is 0.654. The maximum atomic E-state index is 13.7. The van der Waals surface area contributed by atoms with E-state index in [1.807, 2.05) is 0 Å². The molecule has 0 aliphatic carbocycles. The average Bonchev–Trinajstić information content (AvgIpc) is 2.49. The molecule has 1 N–H and O–H groups in total. The summed E-state index contributed by atoms with van der Waals surface area (Å²) in [5, 5.41) is 12.0. The normalized spacial score (nSPS) is 10.9. The van der Waals surface area contributed by atoms with E-state index in [1.54, 1.807) is 30.3 Å². The monoisotopic (exact) mass is 334 g/mol. The zero-order valence-electron chi connectivity index (χ0n) is 11.1.